The van der Waals surface area contributed by atoms with Crippen molar-refractivity contribution in [3.05, 3.63) is 23.8 Å². The Bertz CT molecular complexity index is 399. The van der Waals surface area contributed by atoms with Crippen molar-refractivity contribution in [2.75, 3.05) is 24.2 Å². The minimum Gasteiger partial charge on any atom is -0.398 e. The second kappa shape index (κ2) is 5.31. The molecule has 0 heterocycles. The van der Waals surface area contributed by atoms with Crippen molar-refractivity contribution in [1.29, 1.82) is 5.26 Å². The Morgan fingerprint density at radius 2 is 2.19 bits per heavy atom. The molecule has 0 aromatic heterocycles. The van der Waals surface area contributed by atoms with E-state index in [9.17, 15) is 8.78 Å². The zero-order valence-electron chi connectivity index (χ0n) is 8.95. The van der Waals surface area contributed by atoms with E-state index in [-0.39, 0.29) is 13.0 Å². The molecule has 0 saturated heterocycles. The first kappa shape index (κ1) is 12.2. The Kier molecular flexibility index (Phi) is 4.06. The molecule has 3 nitrogen and oxygen atoms in total. The van der Waals surface area contributed by atoms with Gasteiger partial charge >= 0.3 is 0 Å². The molecule has 1 aromatic rings. The molecule has 0 aliphatic rings. The van der Waals surface area contributed by atoms with Gasteiger partial charge in [0, 0.05) is 18.4 Å². The number of alkyl halides is 2. The van der Waals surface area contributed by atoms with Gasteiger partial charge < -0.3 is 10.6 Å². The topological polar surface area (TPSA) is 53.0 Å². The van der Waals surface area contributed by atoms with Crippen molar-refractivity contribution in [3.8, 4) is 6.07 Å². The first-order valence-electron chi connectivity index (χ1n) is 4.79. The van der Waals surface area contributed by atoms with E-state index in [1.165, 1.54) is 4.90 Å². The molecule has 0 saturated carbocycles. The Morgan fingerprint density at radius 3 is 2.75 bits per heavy atom. The summed E-state index contributed by atoms with van der Waals surface area (Å²) in [5.41, 5.74) is 7.48. The summed E-state index contributed by atoms with van der Waals surface area (Å²) in [5, 5.41) is 8.58. The SMILES string of the molecule is CN(CC(F)F)c1ccc(N)c(CC#N)c1. The number of nitrogens with two attached hydrogens (primary N) is 1. The van der Waals surface area contributed by atoms with E-state index in [1.807, 2.05) is 6.07 Å². The Hall–Kier alpha value is -1.83. The highest BCUT2D eigenvalue weighted by atomic mass is 19.3. The lowest BCUT2D eigenvalue weighted by atomic mass is 10.1. The highest BCUT2D eigenvalue weighted by molar-refractivity contribution is 5.58. The lowest BCUT2D eigenvalue weighted by Crippen LogP contribution is -2.24. The summed E-state index contributed by atoms with van der Waals surface area (Å²) in [4.78, 5) is 1.44. The summed E-state index contributed by atoms with van der Waals surface area (Å²) in [6.45, 7) is -0.337. The van der Waals surface area contributed by atoms with Crippen LogP contribution in [0.15, 0.2) is 18.2 Å². The van der Waals surface area contributed by atoms with Gasteiger partial charge in [0.15, 0.2) is 0 Å². The summed E-state index contributed by atoms with van der Waals surface area (Å²) >= 11 is 0. The first-order valence-corrected chi connectivity index (χ1v) is 4.79. The Balaban J connectivity index is 2.90. The Labute approximate surface area is 93.1 Å². The zero-order valence-corrected chi connectivity index (χ0v) is 8.95. The molecular formula is C11H13F2N3. The molecule has 0 unspecified atom stereocenters. The van der Waals surface area contributed by atoms with Crippen LogP contribution < -0.4 is 10.6 Å². The Morgan fingerprint density at radius 1 is 1.50 bits per heavy atom. The van der Waals surface area contributed by atoms with Gasteiger partial charge in [-0.25, -0.2) is 8.78 Å². The van der Waals surface area contributed by atoms with Gasteiger partial charge in [-0.05, 0) is 23.8 Å². The third-order valence-electron chi connectivity index (χ3n) is 2.25. The quantitative estimate of drug-likeness (QED) is 0.798. The fourth-order valence-electron chi connectivity index (χ4n) is 1.38. The lowest BCUT2D eigenvalue weighted by molar-refractivity contribution is 0.156. The molecule has 1 rings (SSSR count). The molecule has 0 spiro atoms. The molecule has 0 bridgehead atoms. The fraction of sp³-hybridized carbons (Fsp3) is 0.364. The third-order valence-corrected chi connectivity index (χ3v) is 2.25. The second-order valence-electron chi connectivity index (χ2n) is 3.49. The van der Waals surface area contributed by atoms with Crippen LogP contribution in [0.3, 0.4) is 0 Å². The molecule has 16 heavy (non-hydrogen) atoms. The average molecular weight is 225 g/mol. The smallest absolute Gasteiger partial charge is 0.255 e. The van der Waals surface area contributed by atoms with Crippen LogP contribution in [-0.4, -0.2) is 20.0 Å². The monoisotopic (exact) mass is 225 g/mol. The lowest BCUT2D eigenvalue weighted by Gasteiger charge is -2.19. The van der Waals surface area contributed by atoms with E-state index in [1.54, 1.807) is 25.2 Å². The van der Waals surface area contributed by atoms with Crippen LogP contribution in [0.5, 0.6) is 0 Å². The van der Waals surface area contributed by atoms with Crippen molar-refractivity contribution in [1.82, 2.24) is 0 Å². The van der Waals surface area contributed by atoms with Crippen LogP contribution >= 0.6 is 0 Å². The highest BCUT2D eigenvalue weighted by Crippen LogP contribution is 2.21. The van der Waals surface area contributed by atoms with Gasteiger partial charge in [-0.1, -0.05) is 0 Å². The van der Waals surface area contributed by atoms with Gasteiger partial charge in [0.05, 0.1) is 19.0 Å². The van der Waals surface area contributed by atoms with Crippen molar-refractivity contribution in [2.45, 2.75) is 12.8 Å². The number of nitriles is 1. The van der Waals surface area contributed by atoms with Gasteiger partial charge in [0.2, 0.25) is 0 Å². The minimum absolute atomic E-state index is 0.183. The van der Waals surface area contributed by atoms with Crippen molar-refractivity contribution < 1.29 is 8.78 Å². The number of hydrogen-bond donors (Lipinski definition) is 1. The number of nitrogen functional groups attached to an aromatic ring is 1. The van der Waals surface area contributed by atoms with E-state index < -0.39 is 6.43 Å². The summed E-state index contributed by atoms with van der Waals surface area (Å²) in [5.74, 6) is 0. The molecule has 2 N–H and O–H groups in total. The molecule has 0 radical (unpaired) electrons. The summed E-state index contributed by atoms with van der Waals surface area (Å²) in [7, 11) is 1.58. The molecular weight excluding hydrogens is 212 g/mol. The van der Waals surface area contributed by atoms with Gasteiger partial charge in [-0.2, -0.15) is 5.26 Å². The van der Waals surface area contributed by atoms with Gasteiger partial charge in [-0.15, -0.1) is 0 Å². The predicted molar refractivity (Wildman–Crippen MR) is 59.4 cm³/mol. The van der Waals surface area contributed by atoms with Crippen molar-refractivity contribution in [2.24, 2.45) is 0 Å². The maximum atomic E-state index is 12.2. The number of rotatable bonds is 4. The molecule has 86 valence electrons. The maximum absolute atomic E-state index is 12.2. The maximum Gasteiger partial charge on any atom is 0.255 e. The van der Waals surface area contributed by atoms with Crippen LogP contribution in [0.25, 0.3) is 0 Å². The molecule has 0 fully saturated rings. The summed E-state index contributed by atoms with van der Waals surface area (Å²) < 4.78 is 24.4. The van der Waals surface area contributed by atoms with E-state index in [4.69, 9.17) is 11.0 Å². The zero-order chi connectivity index (χ0) is 12.1. The van der Waals surface area contributed by atoms with E-state index in [2.05, 4.69) is 0 Å². The summed E-state index contributed by atoms with van der Waals surface area (Å²) in [6, 6.07) is 6.95. The van der Waals surface area contributed by atoms with Crippen molar-refractivity contribution >= 4 is 11.4 Å². The van der Waals surface area contributed by atoms with E-state index in [0.717, 1.165) is 0 Å². The minimum atomic E-state index is -2.39. The molecule has 0 aliphatic heterocycles. The predicted octanol–water partition coefficient (Wildman–Crippen LogP) is 2.04. The van der Waals surface area contributed by atoms with Gasteiger partial charge in [0.25, 0.3) is 6.43 Å². The van der Waals surface area contributed by atoms with Gasteiger partial charge in [0.1, 0.15) is 0 Å². The van der Waals surface area contributed by atoms with Crippen LogP contribution in [0, 0.1) is 11.3 Å². The number of benzene rings is 1. The third kappa shape index (κ3) is 3.09. The standard InChI is InChI=1S/C11H13F2N3/c1-16(7-11(12)13)9-2-3-10(15)8(6-9)4-5-14/h2-3,6,11H,4,7,15H2,1H3. The van der Waals surface area contributed by atoms with Crippen molar-refractivity contribution in [3.63, 3.8) is 0 Å². The van der Waals surface area contributed by atoms with Crippen LogP contribution in [0.2, 0.25) is 0 Å². The normalized spacial score (nSPS) is 10.2. The average Bonchev–Trinajstić information content (AvgIpc) is 2.20. The second-order valence-corrected chi connectivity index (χ2v) is 3.49. The number of nitrogens with zero attached hydrogens (tertiary/aromatic N) is 2. The largest absolute Gasteiger partial charge is 0.398 e. The number of hydrogen-bond acceptors (Lipinski definition) is 3. The van der Waals surface area contributed by atoms with Crippen LogP contribution in [-0.2, 0) is 6.42 Å². The molecule has 1 aromatic carbocycles. The summed E-state index contributed by atoms with van der Waals surface area (Å²) in [6.07, 6.45) is -2.20. The highest BCUT2D eigenvalue weighted by Gasteiger charge is 2.09. The number of anilines is 2. The molecule has 0 atom stereocenters. The molecule has 0 aliphatic carbocycles. The van der Waals surface area contributed by atoms with E-state index >= 15 is 0 Å². The number of halogens is 2. The van der Waals surface area contributed by atoms with Gasteiger partial charge in [-0.3, -0.25) is 0 Å². The first-order chi connectivity index (χ1) is 7.54. The molecule has 0 amide bonds. The molecule has 5 heteroatoms. The van der Waals surface area contributed by atoms with E-state index in [0.29, 0.717) is 16.9 Å². The van der Waals surface area contributed by atoms with Crippen LogP contribution in [0.4, 0.5) is 20.2 Å². The fourth-order valence-corrected chi connectivity index (χ4v) is 1.38. The van der Waals surface area contributed by atoms with Crippen LogP contribution in [0.1, 0.15) is 5.56 Å².